The summed E-state index contributed by atoms with van der Waals surface area (Å²) in [5.41, 5.74) is 9.88. The summed E-state index contributed by atoms with van der Waals surface area (Å²) < 4.78 is 1.30. The van der Waals surface area contributed by atoms with Crippen molar-refractivity contribution in [3.63, 3.8) is 0 Å². The second-order valence-electron chi connectivity index (χ2n) is 10.4. The Bertz CT molecular complexity index is 1630. The van der Waals surface area contributed by atoms with Crippen LogP contribution in [0.2, 0.25) is 0 Å². The van der Waals surface area contributed by atoms with Crippen LogP contribution in [0.1, 0.15) is 38.8 Å². The van der Waals surface area contributed by atoms with E-state index in [0.29, 0.717) is 0 Å². The molecule has 0 nitrogen and oxygen atoms in total. The third-order valence-electron chi connectivity index (χ3n) is 8.27. The van der Waals surface area contributed by atoms with E-state index in [1.54, 1.807) is 0 Å². The summed E-state index contributed by atoms with van der Waals surface area (Å²) in [6.45, 7) is 9.72. The zero-order valence-electron chi connectivity index (χ0n) is 21.5. The summed E-state index contributed by atoms with van der Waals surface area (Å²) in [4.78, 5) is 4.20. The standard InChI is InChI=1S/C34H28S3/c1-21-28-26-20-27(23-14-8-5-9-15-23)35-32(26)29-22(2)31(25-18-12-7-13-19-25)37-34(29,4)33(28,3)36-30(21)24-16-10-6-11-17-24/h5-20H,1-4H3. The lowest BCUT2D eigenvalue weighted by Crippen LogP contribution is -2.53. The van der Waals surface area contributed by atoms with E-state index >= 15 is 0 Å². The fourth-order valence-electron chi connectivity index (χ4n) is 6.36. The molecule has 3 heterocycles. The molecule has 0 saturated carbocycles. The summed E-state index contributed by atoms with van der Waals surface area (Å²) in [6.07, 6.45) is 0. The van der Waals surface area contributed by atoms with Gasteiger partial charge in [-0.1, -0.05) is 91.0 Å². The van der Waals surface area contributed by atoms with Gasteiger partial charge in [0.15, 0.2) is 0 Å². The number of benzene rings is 3. The Kier molecular flexibility index (Phi) is 5.31. The molecule has 2 aliphatic heterocycles. The fourth-order valence-corrected chi connectivity index (χ4v) is 11.2. The lowest BCUT2D eigenvalue weighted by Gasteiger charge is -2.45. The van der Waals surface area contributed by atoms with Crippen molar-refractivity contribution in [2.24, 2.45) is 0 Å². The van der Waals surface area contributed by atoms with Gasteiger partial charge < -0.3 is 0 Å². The molecule has 4 aromatic rings. The van der Waals surface area contributed by atoms with Gasteiger partial charge in [0.05, 0.1) is 9.49 Å². The Morgan fingerprint density at radius 1 is 0.541 bits per heavy atom. The second kappa shape index (κ2) is 8.39. The summed E-state index contributed by atoms with van der Waals surface area (Å²) in [7, 11) is 0. The van der Waals surface area contributed by atoms with E-state index in [4.69, 9.17) is 0 Å². The Balaban J connectivity index is 1.59. The van der Waals surface area contributed by atoms with Crippen molar-refractivity contribution in [3.8, 4) is 10.4 Å². The van der Waals surface area contributed by atoms with Crippen molar-refractivity contribution >= 4 is 55.8 Å². The minimum absolute atomic E-state index is 0.0775. The number of fused-ring (bicyclic) bond motifs is 4. The van der Waals surface area contributed by atoms with Crippen molar-refractivity contribution in [1.29, 1.82) is 0 Å². The van der Waals surface area contributed by atoms with E-state index in [9.17, 15) is 0 Å². The highest BCUT2D eigenvalue weighted by Crippen LogP contribution is 2.70. The minimum atomic E-state index is -0.0813. The van der Waals surface area contributed by atoms with Crippen LogP contribution in [0.3, 0.4) is 0 Å². The Morgan fingerprint density at radius 2 is 0.973 bits per heavy atom. The van der Waals surface area contributed by atoms with Gasteiger partial charge in [-0.15, -0.1) is 34.9 Å². The molecule has 0 radical (unpaired) electrons. The fraction of sp³-hybridized carbons (Fsp3) is 0.176. The summed E-state index contributed by atoms with van der Waals surface area (Å²) >= 11 is 6.14. The maximum Gasteiger partial charge on any atom is 0.0633 e. The van der Waals surface area contributed by atoms with E-state index in [1.165, 1.54) is 63.4 Å². The Hall–Kier alpha value is -2.72. The molecular weight excluding hydrogens is 505 g/mol. The zero-order valence-corrected chi connectivity index (χ0v) is 23.9. The molecule has 0 amide bonds. The molecule has 37 heavy (non-hydrogen) atoms. The predicted molar refractivity (Wildman–Crippen MR) is 166 cm³/mol. The van der Waals surface area contributed by atoms with Gasteiger partial charge in [-0.2, -0.15) is 0 Å². The second-order valence-corrected chi connectivity index (χ2v) is 14.3. The van der Waals surface area contributed by atoms with E-state index < -0.39 is 0 Å². The maximum absolute atomic E-state index is 2.51. The third kappa shape index (κ3) is 3.24. The first-order valence-corrected chi connectivity index (χ1v) is 15.2. The van der Waals surface area contributed by atoms with Gasteiger partial charge in [-0.25, -0.2) is 0 Å². The van der Waals surface area contributed by atoms with Gasteiger partial charge >= 0.3 is 0 Å². The Morgan fingerprint density at radius 3 is 1.49 bits per heavy atom. The third-order valence-corrected chi connectivity index (χ3v) is 13.1. The molecule has 3 heteroatoms. The molecule has 0 N–H and O–H groups in total. The largest absolute Gasteiger partial charge is 0.135 e. The number of thioether (sulfide) groups is 2. The monoisotopic (exact) mass is 532 g/mol. The van der Waals surface area contributed by atoms with E-state index in [1.807, 2.05) is 11.3 Å². The normalized spacial score (nSPS) is 24.4. The number of hydrogen-bond donors (Lipinski definition) is 0. The zero-order chi connectivity index (χ0) is 25.4. The molecule has 2 unspecified atom stereocenters. The van der Waals surface area contributed by atoms with Gasteiger partial charge in [0.25, 0.3) is 0 Å². The van der Waals surface area contributed by atoms with Gasteiger partial charge in [0, 0.05) is 19.2 Å². The van der Waals surface area contributed by atoms with Crippen LogP contribution in [0, 0.1) is 0 Å². The molecule has 7 rings (SSSR count). The smallest absolute Gasteiger partial charge is 0.0633 e. The lowest BCUT2D eigenvalue weighted by atomic mass is 9.73. The first-order valence-electron chi connectivity index (χ1n) is 12.8. The van der Waals surface area contributed by atoms with Gasteiger partial charge in [0.1, 0.15) is 0 Å². The van der Waals surface area contributed by atoms with Crippen LogP contribution in [-0.4, -0.2) is 9.49 Å². The SMILES string of the molecule is CC1=C(c2ccccc2)SC2(C)C1=c1cc(-c3ccccc3)sc1=C1C(C)=C(c3ccccc3)SC12C. The van der Waals surface area contributed by atoms with Crippen molar-refractivity contribution < 1.29 is 0 Å². The quantitative estimate of drug-likeness (QED) is 0.259. The molecule has 3 aromatic carbocycles. The maximum atomic E-state index is 2.51. The first kappa shape index (κ1) is 23.4. The molecule has 0 spiro atoms. The van der Waals surface area contributed by atoms with E-state index in [-0.39, 0.29) is 9.49 Å². The molecule has 0 fully saturated rings. The molecule has 0 bridgehead atoms. The average Bonchev–Trinajstić information content (AvgIpc) is 3.56. The van der Waals surface area contributed by atoms with Crippen molar-refractivity contribution in [2.45, 2.75) is 37.2 Å². The van der Waals surface area contributed by atoms with Crippen molar-refractivity contribution in [3.05, 3.63) is 129 Å². The van der Waals surface area contributed by atoms with Crippen molar-refractivity contribution in [1.82, 2.24) is 0 Å². The molecular formula is C34H28S3. The molecule has 2 atom stereocenters. The highest BCUT2D eigenvalue weighted by Gasteiger charge is 2.60. The van der Waals surface area contributed by atoms with Gasteiger partial charge in [-0.3, -0.25) is 0 Å². The van der Waals surface area contributed by atoms with Crippen LogP contribution < -0.4 is 9.75 Å². The van der Waals surface area contributed by atoms with Crippen LogP contribution in [0.5, 0.6) is 0 Å². The minimum Gasteiger partial charge on any atom is -0.135 e. The predicted octanol–water partition coefficient (Wildman–Crippen LogP) is 8.60. The van der Waals surface area contributed by atoms with Crippen LogP contribution in [0.15, 0.2) is 108 Å². The molecule has 0 saturated heterocycles. The lowest BCUT2D eigenvalue weighted by molar-refractivity contribution is 0.685. The van der Waals surface area contributed by atoms with Crippen LogP contribution in [0.4, 0.5) is 0 Å². The highest BCUT2D eigenvalue weighted by molar-refractivity contribution is 8.14. The van der Waals surface area contributed by atoms with Crippen LogP contribution in [0.25, 0.3) is 31.4 Å². The number of allylic oxidation sites excluding steroid dienone is 2. The number of hydrogen-bond acceptors (Lipinski definition) is 3. The summed E-state index contributed by atoms with van der Waals surface area (Å²) in [5.74, 6) is 0. The molecule has 182 valence electrons. The molecule has 1 aliphatic carbocycles. The van der Waals surface area contributed by atoms with E-state index in [0.717, 1.165) is 0 Å². The first-order chi connectivity index (χ1) is 17.9. The molecule has 1 aromatic heterocycles. The van der Waals surface area contributed by atoms with E-state index in [2.05, 4.69) is 148 Å². The van der Waals surface area contributed by atoms with Crippen LogP contribution >= 0.6 is 34.9 Å². The molecule has 3 aliphatic rings. The number of thiophene rings is 1. The highest BCUT2D eigenvalue weighted by atomic mass is 32.2. The van der Waals surface area contributed by atoms with Gasteiger partial charge in [-0.05, 0) is 78.0 Å². The average molecular weight is 533 g/mol. The Labute approximate surface area is 231 Å². The number of rotatable bonds is 3. The topological polar surface area (TPSA) is 0 Å². The summed E-state index contributed by atoms with van der Waals surface area (Å²) in [5, 5.41) is 1.43. The van der Waals surface area contributed by atoms with Crippen molar-refractivity contribution in [2.75, 3.05) is 0 Å². The van der Waals surface area contributed by atoms with Gasteiger partial charge in [0.2, 0.25) is 0 Å². The van der Waals surface area contributed by atoms with Crippen LogP contribution in [-0.2, 0) is 0 Å². The summed E-state index contributed by atoms with van der Waals surface area (Å²) in [6, 6.07) is 35.3.